The first-order chi connectivity index (χ1) is 10.9. The lowest BCUT2D eigenvalue weighted by Gasteiger charge is -2.13. The molecule has 0 unspecified atom stereocenters. The molecular formula is C15H13BrClN3O2S. The lowest BCUT2D eigenvalue weighted by atomic mass is 10.2. The Morgan fingerprint density at radius 3 is 2.70 bits per heavy atom. The molecule has 2 amide bonds. The number of pyridine rings is 1. The molecule has 2 rings (SSSR count). The van der Waals surface area contributed by atoms with Gasteiger partial charge in [-0.15, -0.1) is 0 Å². The second-order valence-corrected chi connectivity index (χ2v) is 6.97. The third-order valence-electron chi connectivity index (χ3n) is 2.75. The van der Waals surface area contributed by atoms with E-state index in [9.17, 15) is 9.59 Å². The predicted molar refractivity (Wildman–Crippen MR) is 96.3 cm³/mol. The van der Waals surface area contributed by atoms with Crippen molar-refractivity contribution in [3.8, 4) is 0 Å². The molecule has 0 spiro atoms. The number of thioether (sulfide) groups is 1. The highest BCUT2D eigenvalue weighted by Gasteiger charge is 2.16. The van der Waals surface area contributed by atoms with Gasteiger partial charge in [0.05, 0.1) is 11.3 Å². The number of nitrogens with one attached hydrogen (secondary N) is 1. The molecule has 0 saturated heterocycles. The summed E-state index contributed by atoms with van der Waals surface area (Å²) in [5.74, 6) is -0.394. The molecule has 0 aliphatic carbocycles. The van der Waals surface area contributed by atoms with Gasteiger partial charge < -0.3 is 10.2 Å². The largest absolute Gasteiger partial charge is 0.339 e. The van der Waals surface area contributed by atoms with Crippen LogP contribution in [0.4, 0.5) is 10.5 Å². The summed E-state index contributed by atoms with van der Waals surface area (Å²) < 4.78 is 0.650. The van der Waals surface area contributed by atoms with Crippen molar-refractivity contribution >= 4 is 56.1 Å². The number of aromatic nitrogens is 1. The standard InChI is InChI=1S/C15H13BrClN3O2S/c1-20(2)15(22)23-12-6-4-3-5-11(12)19-14(21)10-7-9(16)8-18-13(10)17/h3-8H,1-2H3,(H,19,21). The fourth-order valence-electron chi connectivity index (χ4n) is 1.62. The topological polar surface area (TPSA) is 62.3 Å². The normalized spacial score (nSPS) is 10.3. The Kier molecular flexibility index (Phi) is 6.04. The van der Waals surface area contributed by atoms with Gasteiger partial charge in [0, 0.05) is 29.7 Å². The van der Waals surface area contributed by atoms with Gasteiger partial charge in [0.15, 0.2) is 0 Å². The first-order valence-electron chi connectivity index (χ1n) is 6.49. The van der Waals surface area contributed by atoms with Crippen molar-refractivity contribution in [1.29, 1.82) is 0 Å². The monoisotopic (exact) mass is 413 g/mol. The van der Waals surface area contributed by atoms with Crippen molar-refractivity contribution in [2.24, 2.45) is 0 Å². The Morgan fingerprint density at radius 1 is 1.30 bits per heavy atom. The Balaban J connectivity index is 2.24. The van der Waals surface area contributed by atoms with Gasteiger partial charge in [0.1, 0.15) is 5.15 Å². The molecule has 2 aromatic rings. The van der Waals surface area contributed by atoms with Crippen LogP contribution in [-0.2, 0) is 0 Å². The van der Waals surface area contributed by atoms with E-state index in [0.717, 1.165) is 11.8 Å². The minimum Gasteiger partial charge on any atom is -0.339 e. The summed E-state index contributed by atoms with van der Waals surface area (Å²) in [5, 5.41) is 2.74. The number of halogens is 2. The van der Waals surface area contributed by atoms with Crippen LogP contribution in [0.25, 0.3) is 0 Å². The average Bonchev–Trinajstić information content (AvgIpc) is 2.51. The Morgan fingerprint density at radius 2 is 2.00 bits per heavy atom. The van der Waals surface area contributed by atoms with Crippen LogP contribution in [0.5, 0.6) is 0 Å². The van der Waals surface area contributed by atoms with Crippen LogP contribution >= 0.6 is 39.3 Å². The maximum Gasteiger partial charge on any atom is 0.286 e. The van der Waals surface area contributed by atoms with E-state index in [0.29, 0.717) is 15.1 Å². The zero-order chi connectivity index (χ0) is 17.0. The van der Waals surface area contributed by atoms with E-state index in [1.807, 2.05) is 0 Å². The summed E-state index contributed by atoms with van der Waals surface area (Å²) >= 11 is 10.3. The molecule has 0 fully saturated rings. The molecular weight excluding hydrogens is 402 g/mol. The van der Waals surface area contributed by atoms with Crippen molar-refractivity contribution in [3.63, 3.8) is 0 Å². The molecule has 0 atom stereocenters. The highest BCUT2D eigenvalue weighted by atomic mass is 79.9. The molecule has 0 saturated carbocycles. The Labute approximate surface area is 151 Å². The smallest absolute Gasteiger partial charge is 0.286 e. The Bertz CT molecular complexity index is 755. The number of carbonyl (C=O) groups is 2. The summed E-state index contributed by atoms with van der Waals surface area (Å²) in [6, 6.07) is 8.66. The second kappa shape index (κ2) is 7.81. The zero-order valence-electron chi connectivity index (χ0n) is 12.3. The summed E-state index contributed by atoms with van der Waals surface area (Å²) in [6.45, 7) is 0. The molecule has 1 N–H and O–H groups in total. The fraction of sp³-hybridized carbons (Fsp3) is 0.133. The number of rotatable bonds is 3. The second-order valence-electron chi connectivity index (χ2n) is 4.70. The van der Waals surface area contributed by atoms with Crippen LogP contribution in [-0.4, -0.2) is 35.1 Å². The van der Waals surface area contributed by atoms with Gasteiger partial charge >= 0.3 is 0 Å². The molecule has 1 aromatic carbocycles. The maximum absolute atomic E-state index is 12.4. The maximum atomic E-state index is 12.4. The molecule has 1 heterocycles. The van der Waals surface area contributed by atoms with Crippen LogP contribution in [0.15, 0.2) is 45.9 Å². The average molecular weight is 415 g/mol. The van der Waals surface area contributed by atoms with E-state index < -0.39 is 5.91 Å². The molecule has 1 aromatic heterocycles. The van der Waals surface area contributed by atoms with Crippen molar-refractivity contribution in [1.82, 2.24) is 9.88 Å². The number of carbonyl (C=O) groups excluding carboxylic acids is 2. The van der Waals surface area contributed by atoms with Crippen molar-refractivity contribution < 1.29 is 9.59 Å². The van der Waals surface area contributed by atoms with Crippen molar-refractivity contribution in [2.45, 2.75) is 4.90 Å². The molecule has 0 aliphatic rings. The summed E-state index contributed by atoms with van der Waals surface area (Å²) in [6.07, 6.45) is 1.51. The minimum absolute atomic E-state index is 0.111. The number of para-hydroxylation sites is 1. The zero-order valence-corrected chi connectivity index (χ0v) is 15.5. The Hall–Kier alpha value is -1.57. The molecule has 23 heavy (non-hydrogen) atoms. The van der Waals surface area contributed by atoms with E-state index in [1.54, 1.807) is 44.4 Å². The highest BCUT2D eigenvalue weighted by Crippen LogP contribution is 2.29. The SMILES string of the molecule is CN(C)C(=O)Sc1ccccc1NC(=O)c1cc(Br)cnc1Cl. The van der Waals surface area contributed by atoms with Crippen LogP contribution in [0, 0.1) is 0 Å². The highest BCUT2D eigenvalue weighted by molar-refractivity contribution is 9.10. The van der Waals surface area contributed by atoms with E-state index in [-0.39, 0.29) is 16.0 Å². The lowest BCUT2D eigenvalue weighted by molar-refractivity contribution is 0.102. The number of hydrogen-bond donors (Lipinski definition) is 1. The van der Waals surface area contributed by atoms with E-state index >= 15 is 0 Å². The summed E-state index contributed by atoms with van der Waals surface area (Å²) in [7, 11) is 3.34. The number of hydrogen-bond acceptors (Lipinski definition) is 4. The van der Waals surface area contributed by atoms with E-state index in [2.05, 4.69) is 26.2 Å². The van der Waals surface area contributed by atoms with E-state index in [4.69, 9.17) is 11.6 Å². The van der Waals surface area contributed by atoms with Gasteiger partial charge in [0.2, 0.25) is 0 Å². The van der Waals surface area contributed by atoms with Gasteiger partial charge in [0.25, 0.3) is 11.1 Å². The van der Waals surface area contributed by atoms with E-state index in [1.165, 1.54) is 11.1 Å². The molecule has 8 heteroatoms. The minimum atomic E-state index is -0.394. The van der Waals surface area contributed by atoms with Gasteiger partial charge in [-0.3, -0.25) is 9.59 Å². The number of nitrogens with zero attached hydrogens (tertiary/aromatic N) is 2. The van der Waals surface area contributed by atoms with Crippen LogP contribution in [0.1, 0.15) is 10.4 Å². The summed E-state index contributed by atoms with van der Waals surface area (Å²) in [5.41, 5.74) is 0.786. The third kappa shape index (κ3) is 4.70. The number of amides is 2. The first kappa shape index (κ1) is 17.8. The number of anilines is 1. The molecule has 0 aliphatic heterocycles. The lowest BCUT2D eigenvalue weighted by Crippen LogP contribution is -2.17. The van der Waals surface area contributed by atoms with Gasteiger partial charge in [-0.25, -0.2) is 4.98 Å². The van der Waals surface area contributed by atoms with Gasteiger partial charge in [-0.2, -0.15) is 0 Å². The van der Waals surface area contributed by atoms with Crippen LogP contribution in [0.2, 0.25) is 5.15 Å². The summed E-state index contributed by atoms with van der Waals surface area (Å²) in [4.78, 5) is 30.3. The van der Waals surface area contributed by atoms with Crippen LogP contribution in [0.3, 0.4) is 0 Å². The quantitative estimate of drug-likeness (QED) is 0.592. The van der Waals surface area contributed by atoms with Crippen molar-refractivity contribution in [3.05, 3.63) is 51.7 Å². The molecule has 5 nitrogen and oxygen atoms in total. The van der Waals surface area contributed by atoms with Gasteiger partial charge in [-0.05, 0) is 45.9 Å². The molecule has 120 valence electrons. The molecule has 0 bridgehead atoms. The van der Waals surface area contributed by atoms with Gasteiger partial charge in [-0.1, -0.05) is 23.7 Å². The molecule has 0 radical (unpaired) electrons. The fourth-order valence-corrected chi connectivity index (χ4v) is 2.88. The van der Waals surface area contributed by atoms with Crippen molar-refractivity contribution in [2.75, 3.05) is 19.4 Å². The number of benzene rings is 1. The predicted octanol–water partition coefficient (Wildman–Crippen LogP) is 4.52. The third-order valence-corrected chi connectivity index (χ3v) is 4.60. The van der Waals surface area contributed by atoms with Crippen LogP contribution < -0.4 is 5.32 Å². The first-order valence-corrected chi connectivity index (χ1v) is 8.48.